The van der Waals surface area contributed by atoms with Crippen molar-refractivity contribution in [3.63, 3.8) is 0 Å². The van der Waals surface area contributed by atoms with E-state index in [1.54, 1.807) is 19.1 Å². The molecule has 1 aromatic heterocycles. The van der Waals surface area contributed by atoms with Gasteiger partial charge in [0.2, 0.25) is 0 Å². The standard InChI is InChI=1S/C14H10BrFN2O2/c1-7-3-9(11(6-17)14(19)18-7)10-4-8(15)5-12(16)13(10)20-2/h3-5H,1-2H3,(H,18,19). The fourth-order valence-corrected chi connectivity index (χ4v) is 2.41. The second-order valence-corrected chi connectivity index (χ2v) is 5.07. The van der Waals surface area contributed by atoms with E-state index >= 15 is 0 Å². The van der Waals surface area contributed by atoms with Gasteiger partial charge in [0.1, 0.15) is 11.6 Å². The van der Waals surface area contributed by atoms with Crippen LogP contribution in [0.15, 0.2) is 27.5 Å². The molecule has 4 nitrogen and oxygen atoms in total. The fraction of sp³-hybridized carbons (Fsp3) is 0.143. The van der Waals surface area contributed by atoms with Crippen LogP contribution in [-0.2, 0) is 0 Å². The third-order valence-corrected chi connectivity index (χ3v) is 3.24. The van der Waals surface area contributed by atoms with E-state index in [0.717, 1.165) is 0 Å². The van der Waals surface area contributed by atoms with Gasteiger partial charge in [-0.1, -0.05) is 15.9 Å². The van der Waals surface area contributed by atoms with Crippen molar-refractivity contribution in [3.05, 3.63) is 50.1 Å². The molecule has 0 fully saturated rings. The Morgan fingerprint density at radius 1 is 1.35 bits per heavy atom. The molecule has 6 heteroatoms. The zero-order valence-corrected chi connectivity index (χ0v) is 12.3. The number of ether oxygens (including phenoxy) is 1. The Kier molecular flexibility index (Phi) is 3.91. The molecule has 2 rings (SSSR count). The number of aryl methyl sites for hydroxylation is 1. The largest absolute Gasteiger partial charge is 0.493 e. The van der Waals surface area contributed by atoms with Crippen molar-refractivity contribution < 1.29 is 9.13 Å². The number of pyridine rings is 1. The van der Waals surface area contributed by atoms with E-state index in [1.165, 1.54) is 13.2 Å². The van der Waals surface area contributed by atoms with Crippen LogP contribution in [0.3, 0.4) is 0 Å². The minimum absolute atomic E-state index is 0.00491. The zero-order valence-electron chi connectivity index (χ0n) is 10.8. The van der Waals surface area contributed by atoms with Crippen molar-refractivity contribution in [2.24, 2.45) is 0 Å². The lowest BCUT2D eigenvalue weighted by molar-refractivity contribution is 0.388. The average molecular weight is 337 g/mol. The summed E-state index contributed by atoms with van der Waals surface area (Å²) in [7, 11) is 1.34. The van der Waals surface area contributed by atoms with Gasteiger partial charge in [-0.05, 0) is 25.1 Å². The van der Waals surface area contributed by atoms with Gasteiger partial charge >= 0.3 is 0 Å². The highest BCUT2D eigenvalue weighted by molar-refractivity contribution is 9.10. The van der Waals surface area contributed by atoms with Crippen molar-refractivity contribution in [1.29, 1.82) is 5.26 Å². The number of benzene rings is 1. The maximum Gasteiger partial charge on any atom is 0.266 e. The van der Waals surface area contributed by atoms with Gasteiger partial charge in [-0.3, -0.25) is 4.79 Å². The predicted molar refractivity (Wildman–Crippen MR) is 76.2 cm³/mol. The molecule has 0 saturated carbocycles. The molecule has 0 aliphatic carbocycles. The van der Waals surface area contributed by atoms with Crippen LogP contribution in [0.1, 0.15) is 11.3 Å². The summed E-state index contributed by atoms with van der Waals surface area (Å²) >= 11 is 3.19. The van der Waals surface area contributed by atoms with Crippen LogP contribution in [0.2, 0.25) is 0 Å². The van der Waals surface area contributed by atoms with E-state index in [4.69, 9.17) is 10.00 Å². The first-order chi connectivity index (χ1) is 9.47. The van der Waals surface area contributed by atoms with Crippen molar-refractivity contribution in [3.8, 4) is 22.9 Å². The Morgan fingerprint density at radius 3 is 2.65 bits per heavy atom. The summed E-state index contributed by atoms with van der Waals surface area (Å²) in [6, 6.07) is 6.32. The minimum Gasteiger partial charge on any atom is -0.493 e. The van der Waals surface area contributed by atoms with Crippen LogP contribution >= 0.6 is 15.9 Å². The number of hydrogen-bond donors (Lipinski definition) is 1. The second kappa shape index (κ2) is 5.47. The van der Waals surface area contributed by atoms with Gasteiger partial charge in [0.05, 0.1) is 7.11 Å². The van der Waals surface area contributed by atoms with Gasteiger partial charge in [-0.25, -0.2) is 4.39 Å². The average Bonchev–Trinajstić information content (AvgIpc) is 2.37. The van der Waals surface area contributed by atoms with Crippen molar-refractivity contribution >= 4 is 15.9 Å². The molecule has 0 amide bonds. The van der Waals surface area contributed by atoms with Gasteiger partial charge in [0, 0.05) is 21.3 Å². The van der Waals surface area contributed by atoms with E-state index in [2.05, 4.69) is 20.9 Å². The summed E-state index contributed by atoms with van der Waals surface area (Å²) in [5.74, 6) is -0.576. The molecule has 0 atom stereocenters. The number of nitriles is 1. The highest BCUT2D eigenvalue weighted by Crippen LogP contribution is 2.36. The molecule has 0 spiro atoms. The SMILES string of the molecule is COc1c(F)cc(Br)cc1-c1cc(C)[nH]c(=O)c1C#N. The predicted octanol–water partition coefficient (Wildman–Crippen LogP) is 3.13. The van der Waals surface area contributed by atoms with Crippen LogP contribution in [0.4, 0.5) is 4.39 Å². The summed E-state index contributed by atoms with van der Waals surface area (Å²) in [4.78, 5) is 14.4. The number of methoxy groups -OCH3 is 1. The van der Waals surface area contributed by atoms with Crippen LogP contribution in [0.5, 0.6) is 5.75 Å². The van der Waals surface area contributed by atoms with E-state index < -0.39 is 11.4 Å². The molecule has 0 bridgehead atoms. The Hall–Kier alpha value is -2.13. The maximum atomic E-state index is 13.9. The molecule has 0 saturated heterocycles. The monoisotopic (exact) mass is 336 g/mol. The quantitative estimate of drug-likeness (QED) is 0.916. The number of rotatable bonds is 2. The first kappa shape index (κ1) is 14.3. The van der Waals surface area contributed by atoms with Gasteiger partial charge in [-0.2, -0.15) is 5.26 Å². The summed E-state index contributed by atoms with van der Waals surface area (Å²) in [6.45, 7) is 1.69. The molecule has 0 unspecified atom stereocenters. The lowest BCUT2D eigenvalue weighted by Gasteiger charge is -2.12. The molecule has 0 radical (unpaired) electrons. The van der Waals surface area contributed by atoms with E-state index in [-0.39, 0.29) is 11.3 Å². The lowest BCUT2D eigenvalue weighted by atomic mass is 10.00. The van der Waals surface area contributed by atoms with Gasteiger partial charge < -0.3 is 9.72 Å². The molecule has 20 heavy (non-hydrogen) atoms. The summed E-state index contributed by atoms with van der Waals surface area (Å²) in [6.07, 6.45) is 0. The number of hydrogen-bond acceptors (Lipinski definition) is 3. The third kappa shape index (κ3) is 2.45. The summed E-state index contributed by atoms with van der Waals surface area (Å²) in [5.41, 5.74) is 0.679. The smallest absolute Gasteiger partial charge is 0.266 e. The Balaban J connectivity index is 2.88. The van der Waals surface area contributed by atoms with Crippen LogP contribution in [-0.4, -0.2) is 12.1 Å². The number of halogens is 2. The minimum atomic E-state index is -0.571. The topological polar surface area (TPSA) is 65.9 Å². The second-order valence-electron chi connectivity index (χ2n) is 4.15. The summed E-state index contributed by atoms with van der Waals surface area (Å²) in [5, 5.41) is 9.14. The maximum absolute atomic E-state index is 13.9. The highest BCUT2D eigenvalue weighted by atomic mass is 79.9. The molecule has 2 aromatic rings. The van der Waals surface area contributed by atoms with Crippen molar-refractivity contribution in [2.75, 3.05) is 7.11 Å². The number of aromatic amines is 1. The highest BCUT2D eigenvalue weighted by Gasteiger charge is 2.18. The van der Waals surface area contributed by atoms with Crippen LogP contribution in [0.25, 0.3) is 11.1 Å². The first-order valence-corrected chi connectivity index (χ1v) is 6.44. The van der Waals surface area contributed by atoms with Gasteiger partial charge in [-0.15, -0.1) is 0 Å². The van der Waals surface area contributed by atoms with E-state index in [0.29, 0.717) is 21.3 Å². The van der Waals surface area contributed by atoms with Gasteiger partial charge in [0.15, 0.2) is 11.6 Å². The zero-order chi connectivity index (χ0) is 14.9. The number of H-pyrrole nitrogens is 1. The number of nitrogens with zero attached hydrogens (tertiary/aromatic N) is 1. The Labute approximate surface area is 123 Å². The molecule has 1 N–H and O–H groups in total. The number of aromatic nitrogens is 1. The number of nitrogens with one attached hydrogen (secondary N) is 1. The third-order valence-electron chi connectivity index (χ3n) is 2.78. The molecule has 1 aromatic carbocycles. The van der Waals surface area contributed by atoms with Crippen molar-refractivity contribution in [2.45, 2.75) is 6.92 Å². The first-order valence-electron chi connectivity index (χ1n) is 5.65. The normalized spacial score (nSPS) is 10.2. The Morgan fingerprint density at radius 2 is 2.05 bits per heavy atom. The fourth-order valence-electron chi connectivity index (χ4n) is 1.98. The Bertz CT molecular complexity index is 778. The molecular weight excluding hydrogens is 327 g/mol. The van der Waals surface area contributed by atoms with Crippen LogP contribution in [0, 0.1) is 24.1 Å². The van der Waals surface area contributed by atoms with E-state index in [1.807, 2.05) is 6.07 Å². The lowest BCUT2D eigenvalue weighted by Crippen LogP contribution is -2.13. The van der Waals surface area contributed by atoms with Crippen molar-refractivity contribution in [1.82, 2.24) is 4.98 Å². The molecule has 102 valence electrons. The summed E-state index contributed by atoms with van der Waals surface area (Å²) < 4.78 is 19.5. The molecular formula is C14H10BrFN2O2. The molecule has 0 aliphatic rings. The van der Waals surface area contributed by atoms with E-state index in [9.17, 15) is 9.18 Å². The molecule has 1 heterocycles. The molecule has 0 aliphatic heterocycles. The van der Waals surface area contributed by atoms with Gasteiger partial charge in [0.25, 0.3) is 5.56 Å². The van der Waals surface area contributed by atoms with Crippen LogP contribution < -0.4 is 10.3 Å².